The van der Waals surface area contributed by atoms with Crippen molar-refractivity contribution < 1.29 is 14.3 Å². The largest absolute Gasteiger partial charge is 0.381 e. The third kappa shape index (κ3) is 12.7. The maximum Gasteiger partial charge on any atom is 0.317 e. The Morgan fingerprint density at radius 3 is 2.42 bits per heavy atom. The number of nitrogens with zero attached hydrogens (tertiary/aromatic N) is 6. The van der Waals surface area contributed by atoms with E-state index in [0.29, 0.717) is 43.8 Å². The number of hydrogen-bond acceptors (Lipinski definition) is 10. The van der Waals surface area contributed by atoms with Crippen LogP contribution in [0.1, 0.15) is 89.0 Å². The lowest BCUT2D eigenvalue weighted by molar-refractivity contribution is -0.107. The highest BCUT2D eigenvalue weighted by atomic mass is 16.5. The van der Waals surface area contributed by atoms with E-state index in [1.807, 2.05) is 32.2 Å². The molecular weight excluding hydrogens is 739 g/mol. The van der Waals surface area contributed by atoms with E-state index in [0.717, 1.165) is 91.9 Å². The van der Waals surface area contributed by atoms with E-state index in [9.17, 15) is 9.59 Å². The smallest absolute Gasteiger partial charge is 0.317 e. The minimum absolute atomic E-state index is 0.0580. The van der Waals surface area contributed by atoms with Gasteiger partial charge in [0.25, 0.3) is 0 Å². The van der Waals surface area contributed by atoms with Crippen molar-refractivity contribution in [3.63, 3.8) is 0 Å². The molecule has 59 heavy (non-hydrogen) atoms. The summed E-state index contributed by atoms with van der Waals surface area (Å²) >= 11 is 0. The van der Waals surface area contributed by atoms with Crippen LogP contribution in [0.2, 0.25) is 0 Å². The first-order valence-corrected chi connectivity index (χ1v) is 21.6. The summed E-state index contributed by atoms with van der Waals surface area (Å²) in [6.07, 6.45) is 11.0. The number of hydrogen-bond donors (Lipinski definition) is 3. The molecule has 4 heterocycles. The van der Waals surface area contributed by atoms with E-state index in [-0.39, 0.29) is 24.3 Å². The summed E-state index contributed by atoms with van der Waals surface area (Å²) in [7, 11) is 2.18. The summed E-state index contributed by atoms with van der Waals surface area (Å²) in [5.74, 6) is 1.71. The minimum atomic E-state index is -0.0580. The molecule has 2 saturated heterocycles. The van der Waals surface area contributed by atoms with Gasteiger partial charge in [0.2, 0.25) is 5.95 Å². The minimum Gasteiger partial charge on any atom is -0.381 e. The first kappa shape index (κ1) is 43.5. The molecule has 0 saturated carbocycles. The number of aldehydes is 1. The number of likely N-dealkylation sites (tertiary alicyclic amines) is 2. The third-order valence-corrected chi connectivity index (χ3v) is 11.8. The van der Waals surface area contributed by atoms with Crippen molar-refractivity contribution in [2.45, 2.75) is 104 Å². The fourth-order valence-electron chi connectivity index (χ4n) is 8.03. The highest BCUT2D eigenvalue weighted by Gasteiger charge is 2.32. The van der Waals surface area contributed by atoms with Crippen LogP contribution in [-0.2, 0) is 16.1 Å². The molecule has 0 bridgehead atoms. The monoisotopic (exact) mass is 804 g/mol. The van der Waals surface area contributed by atoms with Gasteiger partial charge in [0.05, 0.1) is 42.9 Å². The lowest BCUT2D eigenvalue weighted by Gasteiger charge is -2.39. The number of aryl methyl sites for hydroxylation is 1. The molecule has 0 aliphatic carbocycles. The molecule has 0 radical (unpaired) electrons. The van der Waals surface area contributed by atoms with Crippen LogP contribution in [0.3, 0.4) is 0 Å². The van der Waals surface area contributed by atoms with Gasteiger partial charge in [0, 0.05) is 73.9 Å². The Morgan fingerprint density at radius 1 is 0.983 bits per heavy atom. The number of ether oxygens (including phenoxy) is 1. The molecule has 2 aromatic carbocycles. The van der Waals surface area contributed by atoms with Gasteiger partial charge in [0.1, 0.15) is 6.29 Å². The van der Waals surface area contributed by atoms with Crippen LogP contribution in [0.15, 0.2) is 73.1 Å². The molecule has 2 unspecified atom stereocenters. The predicted octanol–water partition coefficient (Wildman–Crippen LogP) is 8.42. The number of benzene rings is 2. The van der Waals surface area contributed by atoms with Crippen molar-refractivity contribution in [3.05, 3.63) is 89.9 Å². The fraction of sp³-hybridized carbons (Fsp3) is 0.511. The highest BCUT2D eigenvalue weighted by molar-refractivity contribution is 5.75. The summed E-state index contributed by atoms with van der Waals surface area (Å²) in [5, 5.41) is 9.88. The average molecular weight is 804 g/mol. The Balaban J connectivity index is 0.919. The van der Waals surface area contributed by atoms with Crippen molar-refractivity contribution in [3.8, 4) is 11.3 Å². The Kier molecular flexibility index (Phi) is 15.7. The zero-order valence-electron chi connectivity index (χ0n) is 36.0. The van der Waals surface area contributed by atoms with Gasteiger partial charge >= 0.3 is 6.03 Å². The molecule has 3 N–H and O–H groups in total. The lowest BCUT2D eigenvalue weighted by Crippen LogP contribution is -2.58. The van der Waals surface area contributed by atoms with Crippen molar-refractivity contribution in [2.75, 3.05) is 61.8 Å². The van der Waals surface area contributed by atoms with Crippen molar-refractivity contribution in [1.29, 1.82) is 0 Å². The molecule has 2 aliphatic rings. The molecule has 2 amide bonds. The SMILES string of the molecule is CCC(CCN(C)c1ccc(Nc2nccc(-c3ccc(CNC(=O)N4CC(OC(C)C)C4)c(C)c3)n2)cc1)CN1CCC(c2ccc(NC(C)CCC=O)cn2)CC1. The number of urea groups is 1. The number of nitrogens with one attached hydrogen (secondary N) is 3. The number of carbonyl (C=O) groups is 2. The molecule has 0 spiro atoms. The quantitative estimate of drug-likeness (QED) is 0.0750. The molecule has 4 aromatic rings. The van der Waals surface area contributed by atoms with Crippen LogP contribution in [0.25, 0.3) is 11.3 Å². The highest BCUT2D eigenvalue weighted by Crippen LogP contribution is 2.29. The van der Waals surface area contributed by atoms with Crippen LogP contribution in [-0.4, -0.2) is 102 Å². The molecule has 12 nitrogen and oxygen atoms in total. The normalized spacial score (nSPS) is 16.0. The van der Waals surface area contributed by atoms with Gasteiger partial charge in [-0.05, 0) is 132 Å². The van der Waals surface area contributed by atoms with E-state index in [4.69, 9.17) is 14.7 Å². The summed E-state index contributed by atoms with van der Waals surface area (Å²) in [5.41, 5.74) is 8.33. The number of rotatable bonds is 20. The van der Waals surface area contributed by atoms with Gasteiger partial charge in [-0.2, -0.15) is 0 Å². The summed E-state index contributed by atoms with van der Waals surface area (Å²) in [6, 6.07) is 21.1. The number of carbonyl (C=O) groups excluding carboxylic acids is 2. The lowest BCUT2D eigenvalue weighted by atomic mass is 9.91. The van der Waals surface area contributed by atoms with Gasteiger partial charge < -0.3 is 40.2 Å². The molecular formula is C47H65N9O3. The Bertz CT molecular complexity index is 1930. The van der Waals surface area contributed by atoms with Crippen LogP contribution in [0.5, 0.6) is 0 Å². The van der Waals surface area contributed by atoms with Crippen molar-refractivity contribution in [2.24, 2.45) is 5.92 Å². The number of anilines is 4. The van der Waals surface area contributed by atoms with Gasteiger partial charge in [-0.3, -0.25) is 4.98 Å². The van der Waals surface area contributed by atoms with E-state index < -0.39 is 0 Å². The number of pyridine rings is 1. The van der Waals surface area contributed by atoms with Crippen molar-refractivity contribution >= 4 is 35.3 Å². The second-order valence-corrected chi connectivity index (χ2v) is 16.8. The fourth-order valence-corrected chi connectivity index (χ4v) is 8.03. The zero-order valence-corrected chi connectivity index (χ0v) is 36.0. The van der Waals surface area contributed by atoms with Crippen LogP contribution in [0.4, 0.5) is 27.8 Å². The summed E-state index contributed by atoms with van der Waals surface area (Å²) in [4.78, 5) is 44.2. The van der Waals surface area contributed by atoms with E-state index in [1.54, 1.807) is 11.1 Å². The van der Waals surface area contributed by atoms with Crippen LogP contribution >= 0.6 is 0 Å². The average Bonchev–Trinajstić information content (AvgIpc) is 3.23. The molecule has 2 fully saturated rings. The summed E-state index contributed by atoms with van der Waals surface area (Å²) < 4.78 is 5.77. The molecule has 2 aliphatic heterocycles. The van der Waals surface area contributed by atoms with Gasteiger partial charge in [-0.15, -0.1) is 0 Å². The van der Waals surface area contributed by atoms with E-state index in [1.165, 1.54) is 17.8 Å². The number of aromatic nitrogens is 3. The Labute approximate surface area is 351 Å². The zero-order chi connectivity index (χ0) is 41.7. The van der Waals surface area contributed by atoms with Gasteiger partial charge in [0.15, 0.2) is 0 Å². The standard InChI is InChI=1S/C47H65N9O3/c1-7-36(30-55-24-20-37(21-25-55)44-17-14-41(29-49-44)51-35(5)9-8-26-57)19-23-54(6)42-15-12-40(13-16-42)52-46-48-22-18-45(53-46)38-10-11-39(34(4)27-38)28-50-47(58)56-31-43(32-56)59-33(2)3/h10-18,22,26-27,29,33,35-37,43,51H,7-9,19-21,23-25,28,30-32H2,1-6H3,(H,50,58)(H,48,52,53). The predicted molar refractivity (Wildman–Crippen MR) is 238 cm³/mol. The van der Waals surface area contributed by atoms with Crippen molar-refractivity contribution in [1.82, 2.24) is 30.1 Å². The van der Waals surface area contributed by atoms with Gasteiger partial charge in [-0.1, -0.05) is 25.5 Å². The molecule has 6 rings (SSSR count). The Hall–Kier alpha value is -5.07. The number of amides is 2. The molecule has 316 valence electrons. The Morgan fingerprint density at radius 2 is 1.75 bits per heavy atom. The van der Waals surface area contributed by atoms with E-state index in [2.05, 4.69) is 107 Å². The number of piperidine rings is 1. The summed E-state index contributed by atoms with van der Waals surface area (Å²) in [6.45, 7) is 16.6. The van der Waals surface area contributed by atoms with Gasteiger partial charge in [-0.25, -0.2) is 14.8 Å². The topological polar surface area (TPSA) is 128 Å². The van der Waals surface area contributed by atoms with E-state index >= 15 is 0 Å². The van der Waals surface area contributed by atoms with Crippen LogP contribution in [0, 0.1) is 12.8 Å². The maximum absolute atomic E-state index is 12.6. The second-order valence-electron chi connectivity index (χ2n) is 16.8. The third-order valence-electron chi connectivity index (χ3n) is 11.8. The second kappa shape index (κ2) is 21.3. The van der Waals surface area contributed by atoms with Crippen LogP contribution < -0.4 is 20.9 Å². The molecule has 12 heteroatoms. The molecule has 2 aromatic heterocycles. The maximum atomic E-state index is 12.6. The first-order chi connectivity index (χ1) is 28.6. The molecule has 2 atom stereocenters. The first-order valence-electron chi connectivity index (χ1n) is 21.6.